The van der Waals surface area contributed by atoms with E-state index in [-0.39, 0.29) is 12.3 Å². The summed E-state index contributed by atoms with van der Waals surface area (Å²) in [4.78, 5) is 27.4. The molecular formula is C18H16ClN3O4S. The third-order valence-electron chi connectivity index (χ3n) is 3.72. The highest BCUT2D eigenvalue weighted by Crippen LogP contribution is 2.23. The van der Waals surface area contributed by atoms with Crippen molar-refractivity contribution in [3.8, 4) is 5.75 Å². The Balaban J connectivity index is 1.88. The first-order valence-electron chi connectivity index (χ1n) is 8.21. The Morgan fingerprint density at radius 2 is 2.04 bits per heavy atom. The van der Waals surface area contributed by atoms with E-state index in [1.165, 1.54) is 23.5 Å². The zero-order chi connectivity index (χ0) is 19.4. The van der Waals surface area contributed by atoms with Crippen LogP contribution in [0.1, 0.15) is 13.3 Å². The molecule has 0 aliphatic rings. The highest BCUT2D eigenvalue weighted by Gasteiger charge is 2.12. The van der Waals surface area contributed by atoms with Crippen molar-refractivity contribution in [2.24, 2.45) is 4.99 Å². The second-order valence-corrected chi connectivity index (χ2v) is 7.14. The first-order chi connectivity index (χ1) is 13.0. The van der Waals surface area contributed by atoms with Gasteiger partial charge in [-0.05, 0) is 36.8 Å². The second kappa shape index (κ2) is 8.32. The monoisotopic (exact) mass is 405 g/mol. The summed E-state index contributed by atoms with van der Waals surface area (Å²) >= 11 is 7.06. The number of amides is 1. The smallest absolute Gasteiger partial charge is 0.286 e. The molecule has 0 unspecified atom stereocenters. The van der Waals surface area contributed by atoms with Crippen LogP contribution in [0.15, 0.2) is 47.5 Å². The van der Waals surface area contributed by atoms with Gasteiger partial charge < -0.3 is 9.30 Å². The Hall–Kier alpha value is -2.71. The van der Waals surface area contributed by atoms with Crippen LogP contribution in [-0.4, -0.2) is 22.0 Å². The molecule has 1 heterocycles. The van der Waals surface area contributed by atoms with Gasteiger partial charge in [-0.2, -0.15) is 4.99 Å². The average molecular weight is 406 g/mol. The SMILES string of the molecule is CCCn1c(=NC(=O)COc2ccc(Cl)cc2)sc2cc([N+](=O)[O-])ccc21. The van der Waals surface area contributed by atoms with Gasteiger partial charge in [-0.1, -0.05) is 29.9 Å². The lowest BCUT2D eigenvalue weighted by Gasteiger charge is -2.04. The summed E-state index contributed by atoms with van der Waals surface area (Å²) in [5.41, 5.74) is 0.828. The Kier molecular flexibility index (Phi) is 5.88. The van der Waals surface area contributed by atoms with Crippen molar-refractivity contribution in [3.05, 3.63) is 62.4 Å². The molecule has 27 heavy (non-hydrogen) atoms. The van der Waals surface area contributed by atoms with Crippen molar-refractivity contribution in [1.82, 2.24) is 4.57 Å². The molecule has 0 radical (unpaired) electrons. The summed E-state index contributed by atoms with van der Waals surface area (Å²) in [6, 6.07) is 11.3. The number of aryl methyl sites for hydroxylation is 1. The van der Waals surface area contributed by atoms with Crippen molar-refractivity contribution in [2.45, 2.75) is 19.9 Å². The number of rotatable bonds is 6. The zero-order valence-corrected chi connectivity index (χ0v) is 16.0. The van der Waals surface area contributed by atoms with Gasteiger partial charge in [0.05, 0.1) is 15.1 Å². The minimum absolute atomic E-state index is 0.0105. The Labute approximate surface area is 163 Å². The number of halogens is 1. The number of hydrogen-bond acceptors (Lipinski definition) is 5. The van der Waals surface area contributed by atoms with Crippen LogP contribution >= 0.6 is 22.9 Å². The largest absolute Gasteiger partial charge is 0.484 e. The van der Waals surface area contributed by atoms with E-state index in [2.05, 4.69) is 4.99 Å². The number of hydrogen-bond donors (Lipinski definition) is 0. The number of carbonyl (C=O) groups is 1. The van der Waals surface area contributed by atoms with E-state index in [0.717, 1.165) is 11.9 Å². The molecule has 1 amide bonds. The number of carbonyl (C=O) groups excluding carboxylic acids is 1. The molecule has 3 rings (SSSR count). The number of benzene rings is 2. The fraction of sp³-hybridized carbons (Fsp3) is 0.222. The molecule has 140 valence electrons. The first-order valence-corrected chi connectivity index (χ1v) is 9.41. The molecule has 3 aromatic rings. The molecule has 0 saturated carbocycles. The van der Waals surface area contributed by atoms with Crippen LogP contribution in [0.4, 0.5) is 5.69 Å². The Morgan fingerprint density at radius 3 is 2.70 bits per heavy atom. The standard InChI is InChI=1S/C18H16ClN3O4S/c1-2-9-21-15-8-5-13(22(24)25)10-16(15)27-18(21)20-17(23)11-26-14-6-3-12(19)4-7-14/h3-8,10H,2,9,11H2,1H3. The van der Waals surface area contributed by atoms with Gasteiger partial charge in [0.1, 0.15) is 5.75 Å². The summed E-state index contributed by atoms with van der Waals surface area (Å²) in [5, 5.41) is 11.6. The molecule has 7 nitrogen and oxygen atoms in total. The maximum Gasteiger partial charge on any atom is 0.286 e. The Morgan fingerprint density at radius 1 is 1.30 bits per heavy atom. The molecule has 0 atom stereocenters. The number of fused-ring (bicyclic) bond motifs is 1. The van der Waals surface area contributed by atoms with E-state index in [4.69, 9.17) is 16.3 Å². The Bertz CT molecular complexity index is 1060. The summed E-state index contributed by atoms with van der Waals surface area (Å²) in [5.74, 6) is 0.0900. The molecule has 2 aromatic carbocycles. The maximum absolute atomic E-state index is 12.2. The van der Waals surface area contributed by atoms with E-state index in [1.54, 1.807) is 30.3 Å². The van der Waals surface area contributed by atoms with Gasteiger partial charge in [0, 0.05) is 23.7 Å². The van der Waals surface area contributed by atoms with E-state index >= 15 is 0 Å². The first kappa shape index (κ1) is 19.1. The molecule has 0 fully saturated rings. The quantitative estimate of drug-likeness (QED) is 0.454. The summed E-state index contributed by atoms with van der Waals surface area (Å²) < 4.78 is 8.03. The third kappa shape index (κ3) is 4.53. The zero-order valence-electron chi connectivity index (χ0n) is 14.4. The van der Waals surface area contributed by atoms with Gasteiger partial charge in [-0.25, -0.2) is 0 Å². The number of non-ortho nitro benzene ring substituents is 1. The molecule has 0 spiro atoms. The third-order valence-corrected chi connectivity index (χ3v) is 5.01. The lowest BCUT2D eigenvalue weighted by molar-refractivity contribution is -0.384. The fourth-order valence-electron chi connectivity index (χ4n) is 2.52. The lowest BCUT2D eigenvalue weighted by atomic mass is 10.3. The fourth-order valence-corrected chi connectivity index (χ4v) is 3.75. The van der Waals surface area contributed by atoms with Crippen LogP contribution in [0.3, 0.4) is 0 Å². The van der Waals surface area contributed by atoms with Gasteiger partial charge in [0.15, 0.2) is 11.4 Å². The van der Waals surface area contributed by atoms with Crippen LogP contribution in [0.25, 0.3) is 10.2 Å². The van der Waals surface area contributed by atoms with E-state index in [9.17, 15) is 14.9 Å². The predicted octanol–water partition coefficient (Wildman–Crippen LogP) is 4.18. The molecule has 0 bridgehead atoms. The number of aromatic nitrogens is 1. The summed E-state index contributed by atoms with van der Waals surface area (Å²) in [6.07, 6.45) is 0.839. The van der Waals surface area contributed by atoms with Crippen molar-refractivity contribution in [2.75, 3.05) is 6.61 Å². The molecule has 0 aliphatic carbocycles. The van der Waals surface area contributed by atoms with Crippen molar-refractivity contribution >= 4 is 44.7 Å². The maximum atomic E-state index is 12.2. The van der Waals surface area contributed by atoms with Gasteiger partial charge in [0.2, 0.25) is 0 Å². The summed E-state index contributed by atoms with van der Waals surface area (Å²) in [7, 11) is 0. The predicted molar refractivity (Wildman–Crippen MR) is 104 cm³/mol. The minimum atomic E-state index is -0.439. The van der Waals surface area contributed by atoms with Crippen LogP contribution < -0.4 is 9.54 Å². The highest BCUT2D eigenvalue weighted by atomic mass is 35.5. The van der Waals surface area contributed by atoms with Gasteiger partial charge in [-0.15, -0.1) is 0 Å². The van der Waals surface area contributed by atoms with Crippen LogP contribution in [0.2, 0.25) is 5.02 Å². The average Bonchev–Trinajstić information content (AvgIpc) is 2.98. The molecule has 0 aliphatic heterocycles. The normalized spacial score (nSPS) is 11.7. The number of nitro groups is 1. The molecule has 9 heteroatoms. The van der Waals surface area contributed by atoms with Crippen LogP contribution in [0.5, 0.6) is 5.75 Å². The van der Waals surface area contributed by atoms with Crippen molar-refractivity contribution in [1.29, 1.82) is 0 Å². The molecule has 0 N–H and O–H groups in total. The number of thiazole rings is 1. The molecular weight excluding hydrogens is 390 g/mol. The van der Waals surface area contributed by atoms with Crippen molar-refractivity contribution in [3.63, 3.8) is 0 Å². The number of nitrogens with zero attached hydrogens (tertiary/aromatic N) is 3. The second-order valence-electron chi connectivity index (χ2n) is 5.69. The van der Waals surface area contributed by atoms with Gasteiger partial charge >= 0.3 is 0 Å². The number of nitro benzene ring substituents is 1. The van der Waals surface area contributed by atoms with Crippen LogP contribution in [-0.2, 0) is 11.3 Å². The van der Waals surface area contributed by atoms with Crippen molar-refractivity contribution < 1.29 is 14.5 Å². The molecule has 0 saturated heterocycles. The van der Waals surface area contributed by atoms with E-state index < -0.39 is 10.8 Å². The number of ether oxygens (including phenoxy) is 1. The van der Waals surface area contributed by atoms with Gasteiger partial charge in [0.25, 0.3) is 11.6 Å². The van der Waals surface area contributed by atoms with E-state index in [0.29, 0.717) is 26.8 Å². The minimum Gasteiger partial charge on any atom is -0.484 e. The van der Waals surface area contributed by atoms with Gasteiger partial charge in [-0.3, -0.25) is 14.9 Å². The topological polar surface area (TPSA) is 86.7 Å². The highest BCUT2D eigenvalue weighted by molar-refractivity contribution is 7.16. The lowest BCUT2D eigenvalue weighted by Crippen LogP contribution is -2.19. The molecule has 1 aromatic heterocycles. The van der Waals surface area contributed by atoms with E-state index in [1.807, 2.05) is 11.5 Å². The van der Waals surface area contributed by atoms with Crippen LogP contribution in [0, 0.1) is 10.1 Å². The summed E-state index contributed by atoms with van der Waals surface area (Å²) in [6.45, 7) is 2.46.